The molecule has 1 unspecified atom stereocenters. The molecule has 0 N–H and O–H groups in total. The number of rotatable bonds is 4. The van der Waals surface area contributed by atoms with E-state index < -0.39 is 0 Å². The first-order valence-electron chi connectivity index (χ1n) is 8.02. The maximum atomic E-state index is 12.2. The van der Waals surface area contributed by atoms with Crippen LogP contribution in [0, 0.1) is 6.92 Å². The van der Waals surface area contributed by atoms with Gasteiger partial charge in [0.1, 0.15) is 5.75 Å². The van der Waals surface area contributed by atoms with Crippen LogP contribution in [0.15, 0.2) is 18.2 Å². The molecule has 3 nitrogen and oxygen atoms in total. The van der Waals surface area contributed by atoms with Gasteiger partial charge in [0.25, 0.3) is 5.91 Å². The van der Waals surface area contributed by atoms with Gasteiger partial charge in [-0.3, -0.25) is 4.79 Å². The van der Waals surface area contributed by atoms with Crippen molar-refractivity contribution in [3.8, 4) is 5.75 Å². The van der Waals surface area contributed by atoms with Crippen LogP contribution >= 0.6 is 0 Å². The van der Waals surface area contributed by atoms with Crippen molar-refractivity contribution in [2.45, 2.75) is 58.9 Å². The fraction of sp³-hybridized carbons (Fsp3) is 0.611. The molecule has 1 aromatic carbocycles. The van der Waals surface area contributed by atoms with Crippen molar-refractivity contribution in [2.75, 3.05) is 13.2 Å². The Morgan fingerprint density at radius 3 is 2.76 bits per heavy atom. The van der Waals surface area contributed by atoms with Crippen molar-refractivity contribution in [1.29, 1.82) is 0 Å². The van der Waals surface area contributed by atoms with Crippen molar-refractivity contribution >= 4 is 5.91 Å². The van der Waals surface area contributed by atoms with E-state index in [4.69, 9.17) is 4.74 Å². The number of hydrogen-bond donors (Lipinski definition) is 0. The number of ether oxygens (including phenoxy) is 1. The number of nitrogens with zero attached hydrogens (tertiary/aromatic N) is 1. The second kappa shape index (κ2) is 6.97. The highest BCUT2D eigenvalue weighted by molar-refractivity contribution is 5.78. The molecule has 1 fully saturated rings. The van der Waals surface area contributed by atoms with Crippen LogP contribution in [-0.2, 0) is 4.79 Å². The van der Waals surface area contributed by atoms with Gasteiger partial charge in [-0.05, 0) is 62.3 Å². The first-order valence-corrected chi connectivity index (χ1v) is 8.02. The van der Waals surface area contributed by atoms with Gasteiger partial charge >= 0.3 is 0 Å². The van der Waals surface area contributed by atoms with Gasteiger partial charge < -0.3 is 9.64 Å². The minimum atomic E-state index is 0.104. The van der Waals surface area contributed by atoms with E-state index in [9.17, 15) is 4.79 Å². The van der Waals surface area contributed by atoms with Crippen LogP contribution in [0.25, 0.3) is 0 Å². The van der Waals surface area contributed by atoms with Crippen molar-refractivity contribution in [1.82, 2.24) is 4.90 Å². The van der Waals surface area contributed by atoms with Gasteiger partial charge in [0.2, 0.25) is 0 Å². The van der Waals surface area contributed by atoms with E-state index in [1.165, 1.54) is 17.5 Å². The van der Waals surface area contributed by atoms with Gasteiger partial charge in [-0.1, -0.05) is 19.9 Å². The van der Waals surface area contributed by atoms with E-state index in [-0.39, 0.29) is 12.5 Å². The molecule has 21 heavy (non-hydrogen) atoms. The smallest absolute Gasteiger partial charge is 0.260 e. The molecule has 0 spiro atoms. The highest BCUT2D eigenvalue weighted by Gasteiger charge is 2.23. The standard InChI is InChI=1S/C18H27NO2/c1-13(2)17-9-8-16(11-14(17)3)21-12-18(20)19-10-6-5-7-15(19)4/h8-9,11,13,15H,5-7,10,12H2,1-4H3. The Balaban J connectivity index is 1.93. The van der Waals surface area contributed by atoms with E-state index in [1.54, 1.807) is 0 Å². The molecule has 1 aromatic rings. The fourth-order valence-corrected chi connectivity index (χ4v) is 3.08. The molecule has 1 amide bonds. The molecule has 2 rings (SSSR count). The van der Waals surface area contributed by atoms with E-state index in [1.807, 2.05) is 17.0 Å². The predicted molar refractivity (Wildman–Crippen MR) is 85.8 cm³/mol. The zero-order valence-electron chi connectivity index (χ0n) is 13.7. The molecule has 0 saturated carbocycles. The van der Waals surface area contributed by atoms with E-state index >= 15 is 0 Å². The Morgan fingerprint density at radius 2 is 2.14 bits per heavy atom. The number of amides is 1. The lowest BCUT2D eigenvalue weighted by Crippen LogP contribution is -2.44. The molecule has 3 heteroatoms. The Morgan fingerprint density at radius 1 is 1.38 bits per heavy atom. The molecule has 1 aliphatic heterocycles. The summed E-state index contributed by atoms with van der Waals surface area (Å²) in [5.74, 6) is 1.40. The third kappa shape index (κ3) is 3.99. The summed E-state index contributed by atoms with van der Waals surface area (Å²) in [6, 6.07) is 6.45. The van der Waals surface area contributed by atoms with E-state index in [0.717, 1.165) is 25.1 Å². The molecule has 1 heterocycles. The third-order valence-corrected chi connectivity index (χ3v) is 4.35. The van der Waals surface area contributed by atoms with Crippen molar-refractivity contribution in [2.24, 2.45) is 0 Å². The van der Waals surface area contributed by atoms with Crippen LogP contribution in [-0.4, -0.2) is 30.0 Å². The van der Waals surface area contributed by atoms with Crippen molar-refractivity contribution in [3.63, 3.8) is 0 Å². The second-order valence-electron chi connectivity index (χ2n) is 6.39. The molecule has 0 bridgehead atoms. The Hall–Kier alpha value is -1.51. The van der Waals surface area contributed by atoms with E-state index in [2.05, 4.69) is 33.8 Å². The van der Waals surface area contributed by atoms with Crippen molar-refractivity contribution < 1.29 is 9.53 Å². The third-order valence-electron chi connectivity index (χ3n) is 4.35. The summed E-state index contributed by atoms with van der Waals surface area (Å²) in [4.78, 5) is 14.2. The Bertz CT molecular complexity index is 496. The zero-order chi connectivity index (χ0) is 15.4. The van der Waals surface area contributed by atoms with Gasteiger partial charge in [0.05, 0.1) is 0 Å². The molecule has 1 saturated heterocycles. The summed E-state index contributed by atoms with van der Waals surface area (Å²) >= 11 is 0. The van der Waals surface area contributed by atoms with Gasteiger partial charge in [-0.15, -0.1) is 0 Å². The monoisotopic (exact) mass is 289 g/mol. The van der Waals surface area contributed by atoms with E-state index in [0.29, 0.717) is 12.0 Å². The highest BCUT2D eigenvalue weighted by atomic mass is 16.5. The Kier molecular flexibility index (Phi) is 5.27. The topological polar surface area (TPSA) is 29.5 Å². The minimum Gasteiger partial charge on any atom is -0.484 e. The van der Waals surface area contributed by atoms with Crippen LogP contribution < -0.4 is 4.74 Å². The number of carbonyl (C=O) groups is 1. The summed E-state index contributed by atoms with van der Waals surface area (Å²) < 4.78 is 5.69. The van der Waals surface area contributed by atoms with Gasteiger partial charge in [-0.25, -0.2) is 0 Å². The largest absolute Gasteiger partial charge is 0.484 e. The Labute approximate surface area is 128 Å². The summed E-state index contributed by atoms with van der Waals surface area (Å²) in [5, 5.41) is 0. The number of aryl methyl sites for hydroxylation is 1. The average Bonchev–Trinajstić information content (AvgIpc) is 2.45. The number of carbonyl (C=O) groups excluding carboxylic acids is 1. The zero-order valence-corrected chi connectivity index (χ0v) is 13.7. The van der Waals surface area contributed by atoms with Crippen LogP contribution in [0.2, 0.25) is 0 Å². The van der Waals surface area contributed by atoms with Crippen molar-refractivity contribution in [3.05, 3.63) is 29.3 Å². The lowest BCUT2D eigenvalue weighted by molar-refractivity contribution is -0.136. The summed E-state index contributed by atoms with van der Waals surface area (Å²) in [6.45, 7) is 9.60. The molecule has 0 aliphatic carbocycles. The summed E-state index contributed by atoms with van der Waals surface area (Å²) in [5.41, 5.74) is 2.56. The molecule has 116 valence electrons. The molecule has 0 radical (unpaired) electrons. The predicted octanol–water partition coefficient (Wildman–Crippen LogP) is 3.90. The first kappa shape index (κ1) is 15.9. The first-order chi connectivity index (χ1) is 9.99. The number of piperidine rings is 1. The molecular formula is C18H27NO2. The lowest BCUT2D eigenvalue weighted by Gasteiger charge is -2.33. The summed E-state index contributed by atoms with van der Waals surface area (Å²) in [6.07, 6.45) is 3.44. The minimum absolute atomic E-state index is 0.104. The molecule has 1 aliphatic rings. The quantitative estimate of drug-likeness (QED) is 0.841. The number of benzene rings is 1. The average molecular weight is 289 g/mol. The SMILES string of the molecule is Cc1cc(OCC(=O)N2CCCCC2C)ccc1C(C)C. The van der Waals surface area contributed by atoms with Crippen LogP contribution in [0.1, 0.15) is 57.1 Å². The van der Waals surface area contributed by atoms with Gasteiger partial charge in [-0.2, -0.15) is 0 Å². The molecule has 0 aromatic heterocycles. The maximum absolute atomic E-state index is 12.2. The van der Waals surface area contributed by atoms with Gasteiger partial charge in [0.15, 0.2) is 6.61 Å². The highest BCUT2D eigenvalue weighted by Crippen LogP contribution is 2.23. The van der Waals surface area contributed by atoms with Crippen LogP contribution in [0.5, 0.6) is 5.75 Å². The number of likely N-dealkylation sites (tertiary alicyclic amines) is 1. The molecule has 1 atom stereocenters. The maximum Gasteiger partial charge on any atom is 0.260 e. The number of hydrogen-bond acceptors (Lipinski definition) is 2. The van der Waals surface area contributed by atoms with Crippen LogP contribution in [0.3, 0.4) is 0 Å². The van der Waals surface area contributed by atoms with Crippen LogP contribution in [0.4, 0.5) is 0 Å². The second-order valence-corrected chi connectivity index (χ2v) is 6.39. The summed E-state index contributed by atoms with van der Waals surface area (Å²) in [7, 11) is 0. The normalized spacial score (nSPS) is 18.9. The lowest BCUT2D eigenvalue weighted by atomic mass is 9.98. The fourth-order valence-electron chi connectivity index (χ4n) is 3.08. The van der Waals surface area contributed by atoms with Gasteiger partial charge in [0, 0.05) is 12.6 Å². The molecular weight excluding hydrogens is 262 g/mol.